The minimum absolute atomic E-state index is 0.0784. The number of carbonyl (C=O) groups is 2. The van der Waals surface area contributed by atoms with Crippen molar-refractivity contribution < 1.29 is 29.3 Å². The van der Waals surface area contributed by atoms with Crippen LogP contribution < -0.4 is 0 Å². The molecule has 1 aromatic rings. The highest BCUT2D eigenvalue weighted by Gasteiger charge is 2.59. The predicted octanol–water partition coefficient (Wildman–Crippen LogP) is -0.114. The first-order valence-electron chi connectivity index (χ1n) is 6.06. The summed E-state index contributed by atoms with van der Waals surface area (Å²) in [5, 5.41) is 18.5. The first-order chi connectivity index (χ1) is 9.43. The molecule has 3 atom stereocenters. The Kier molecular flexibility index (Phi) is 2.70. The van der Waals surface area contributed by atoms with E-state index in [1.807, 2.05) is 0 Å². The maximum Gasteiger partial charge on any atom is 0.336 e. The summed E-state index contributed by atoms with van der Waals surface area (Å²) in [6.45, 7) is 0.0941. The topological polar surface area (TPSA) is 96.3 Å². The summed E-state index contributed by atoms with van der Waals surface area (Å²) in [5.74, 6) is -2.87. The smallest absolute Gasteiger partial charge is 0.336 e. The Morgan fingerprint density at radius 3 is 2.60 bits per heavy atom. The minimum atomic E-state index is -1.33. The fourth-order valence-electron chi connectivity index (χ4n) is 2.55. The molecule has 7 nitrogen and oxygen atoms in total. The fourth-order valence-corrected chi connectivity index (χ4v) is 2.55. The second-order valence-corrected chi connectivity index (χ2v) is 4.91. The standard InChI is InChI=1S/C13H13NO6/c1-14-6-13(7-2-4-8(15)5-3-7)19-9(11(14)16)10(20-13)12(17)18/h2-5,9-10,15H,6H2,1H3,(H,17,18). The second-order valence-electron chi connectivity index (χ2n) is 4.91. The zero-order valence-corrected chi connectivity index (χ0v) is 10.6. The number of phenolic OH excluding ortho intramolecular Hbond substituents is 1. The average Bonchev–Trinajstić information content (AvgIpc) is 2.74. The van der Waals surface area contributed by atoms with Crippen LogP contribution in [0.1, 0.15) is 5.56 Å². The van der Waals surface area contributed by atoms with Crippen molar-refractivity contribution in [2.24, 2.45) is 0 Å². The molecule has 2 bridgehead atoms. The van der Waals surface area contributed by atoms with Crippen molar-refractivity contribution in [1.82, 2.24) is 4.90 Å². The molecule has 1 amide bonds. The molecular weight excluding hydrogens is 266 g/mol. The summed E-state index contributed by atoms with van der Waals surface area (Å²) in [6, 6.07) is 6.08. The van der Waals surface area contributed by atoms with Crippen molar-refractivity contribution in [3.8, 4) is 5.75 Å². The number of hydrogen-bond acceptors (Lipinski definition) is 5. The molecule has 2 aliphatic rings. The molecule has 2 N–H and O–H groups in total. The van der Waals surface area contributed by atoms with Crippen LogP contribution in [0.4, 0.5) is 0 Å². The third-order valence-corrected chi connectivity index (χ3v) is 3.53. The molecular formula is C13H13NO6. The summed E-state index contributed by atoms with van der Waals surface area (Å²) in [5.41, 5.74) is 0.559. The number of benzene rings is 1. The van der Waals surface area contributed by atoms with Gasteiger partial charge < -0.3 is 24.6 Å². The van der Waals surface area contributed by atoms with E-state index in [0.29, 0.717) is 5.56 Å². The van der Waals surface area contributed by atoms with Crippen molar-refractivity contribution in [3.05, 3.63) is 29.8 Å². The van der Waals surface area contributed by atoms with Gasteiger partial charge in [0, 0.05) is 12.6 Å². The largest absolute Gasteiger partial charge is 0.508 e. The highest BCUT2D eigenvalue weighted by Crippen LogP contribution is 2.42. The molecule has 0 spiro atoms. The molecule has 2 aliphatic heterocycles. The van der Waals surface area contributed by atoms with Crippen LogP contribution >= 0.6 is 0 Å². The number of carbonyl (C=O) groups excluding carboxylic acids is 1. The first kappa shape index (κ1) is 12.9. The van der Waals surface area contributed by atoms with Crippen molar-refractivity contribution >= 4 is 11.9 Å². The quantitative estimate of drug-likeness (QED) is 0.784. The van der Waals surface area contributed by atoms with E-state index in [0.717, 1.165) is 0 Å². The summed E-state index contributed by atoms with van der Waals surface area (Å²) in [4.78, 5) is 24.5. The fraction of sp³-hybridized carbons (Fsp3) is 0.385. The Labute approximate surface area is 114 Å². The van der Waals surface area contributed by atoms with Gasteiger partial charge in [0.05, 0.1) is 6.54 Å². The lowest BCUT2D eigenvalue weighted by molar-refractivity contribution is -0.216. The van der Waals surface area contributed by atoms with E-state index in [9.17, 15) is 14.7 Å². The molecule has 3 unspecified atom stereocenters. The number of likely N-dealkylation sites (N-methyl/N-ethyl adjacent to an activating group) is 1. The van der Waals surface area contributed by atoms with Crippen LogP contribution in [-0.4, -0.2) is 52.8 Å². The summed E-state index contributed by atoms with van der Waals surface area (Å²) < 4.78 is 11.1. The Morgan fingerprint density at radius 1 is 1.35 bits per heavy atom. The van der Waals surface area contributed by atoms with Crippen LogP contribution in [0.15, 0.2) is 24.3 Å². The zero-order valence-electron chi connectivity index (χ0n) is 10.6. The molecule has 2 saturated heterocycles. The molecule has 0 aliphatic carbocycles. The van der Waals surface area contributed by atoms with Crippen LogP contribution in [0.5, 0.6) is 5.75 Å². The van der Waals surface area contributed by atoms with Crippen LogP contribution in [0.3, 0.4) is 0 Å². The van der Waals surface area contributed by atoms with Crippen LogP contribution in [0, 0.1) is 0 Å². The molecule has 7 heteroatoms. The molecule has 0 saturated carbocycles. The van der Waals surface area contributed by atoms with Crippen molar-refractivity contribution in [2.45, 2.75) is 18.0 Å². The number of carboxylic acid groups (broad SMARTS) is 1. The number of fused-ring (bicyclic) bond motifs is 2. The van der Waals surface area contributed by atoms with Gasteiger partial charge in [0.1, 0.15) is 5.75 Å². The lowest BCUT2D eigenvalue weighted by Gasteiger charge is -2.36. The van der Waals surface area contributed by atoms with Gasteiger partial charge >= 0.3 is 5.97 Å². The number of hydrogen-bond donors (Lipinski definition) is 2. The zero-order chi connectivity index (χ0) is 14.5. The van der Waals surface area contributed by atoms with E-state index >= 15 is 0 Å². The van der Waals surface area contributed by atoms with Gasteiger partial charge in [-0.15, -0.1) is 0 Å². The highest BCUT2D eigenvalue weighted by atomic mass is 16.8. The second kappa shape index (κ2) is 4.19. The van der Waals surface area contributed by atoms with Gasteiger partial charge in [0.25, 0.3) is 5.91 Å². The van der Waals surface area contributed by atoms with E-state index in [1.54, 1.807) is 19.2 Å². The molecule has 0 radical (unpaired) electrons. The van der Waals surface area contributed by atoms with Gasteiger partial charge in [0.15, 0.2) is 12.2 Å². The normalized spacial score (nSPS) is 32.5. The third-order valence-electron chi connectivity index (χ3n) is 3.53. The van der Waals surface area contributed by atoms with Gasteiger partial charge in [-0.25, -0.2) is 4.79 Å². The van der Waals surface area contributed by atoms with Crippen molar-refractivity contribution in [2.75, 3.05) is 13.6 Å². The number of phenols is 1. The maximum absolute atomic E-state index is 11.9. The summed E-state index contributed by atoms with van der Waals surface area (Å²) in [6.07, 6.45) is -2.48. The van der Waals surface area contributed by atoms with E-state index in [4.69, 9.17) is 14.6 Å². The van der Waals surface area contributed by atoms with Crippen LogP contribution in [0.2, 0.25) is 0 Å². The van der Waals surface area contributed by atoms with Gasteiger partial charge in [0.2, 0.25) is 5.79 Å². The predicted molar refractivity (Wildman–Crippen MR) is 64.8 cm³/mol. The van der Waals surface area contributed by atoms with E-state index < -0.39 is 29.9 Å². The monoisotopic (exact) mass is 279 g/mol. The Hall–Kier alpha value is -2.12. The lowest BCUT2D eigenvalue weighted by atomic mass is 10.0. The molecule has 20 heavy (non-hydrogen) atoms. The molecule has 2 heterocycles. The Bertz CT molecular complexity index is 571. The van der Waals surface area contributed by atoms with E-state index in [1.165, 1.54) is 17.0 Å². The maximum atomic E-state index is 11.9. The number of ether oxygens (including phenoxy) is 2. The van der Waals surface area contributed by atoms with Crippen LogP contribution in [0.25, 0.3) is 0 Å². The molecule has 0 aromatic heterocycles. The number of nitrogens with zero attached hydrogens (tertiary/aromatic N) is 1. The van der Waals surface area contributed by atoms with E-state index in [-0.39, 0.29) is 12.3 Å². The van der Waals surface area contributed by atoms with Gasteiger partial charge in [-0.3, -0.25) is 4.79 Å². The molecule has 2 fully saturated rings. The van der Waals surface area contributed by atoms with Gasteiger partial charge in [-0.1, -0.05) is 0 Å². The number of amides is 1. The molecule has 1 aromatic carbocycles. The number of morpholine rings is 1. The SMILES string of the molecule is CN1CC2(c3ccc(O)cc3)OC(C(=O)O)C(O2)C1=O. The first-order valence-corrected chi connectivity index (χ1v) is 6.06. The van der Waals surface area contributed by atoms with Crippen LogP contribution in [-0.2, 0) is 24.8 Å². The highest BCUT2D eigenvalue weighted by molar-refractivity contribution is 5.89. The van der Waals surface area contributed by atoms with Gasteiger partial charge in [-0.2, -0.15) is 0 Å². The Balaban J connectivity index is 2.03. The van der Waals surface area contributed by atoms with Gasteiger partial charge in [-0.05, 0) is 24.3 Å². The Morgan fingerprint density at radius 2 is 2.00 bits per heavy atom. The summed E-state index contributed by atoms with van der Waals surface area (Å²) in [7, 11) is 1.57. The van der Waals surface area contributed by atoms with Crippen molar-refractivity contribution in [1.29, 1.82) is 0 Å². The number of rotatable bonds is 2. The number of carboxylic acids is 1. The third kappa shape index (κ3) is 1.75. The van der Waals surface area contributed by atoms with E-state index in [2.05, 4.69) is 0 Å². The molecule has 3 rings (SSSR count). The van der Waals surface area contributed by atoms with Crippen molar-refractivity contribution in [3.63, 3.8) is 0 Å². The molecule has 106 valence electrons. The number of aromatic hydroxyl groups is 1. The lowest BCUT2D eigenvalue weighted by Crippen LogP contribution is -2.52. The average molecular weight is 279 g/mol. The summed E-state index contributed by atoms with van der Waals surface area (Å²) >= 11 is 0. The number of aliphatic carboxylic acids is 1. The minimum Gasteiger partial charge on any atom is -0.508 e.